The summed E-state index contributed by atoms with van der Waals surface area (Å²) in [6.45, 7) is 6.55. The third-order valence-corrected chi connectivity index (χ3v) is 9.00. The second kappa shape index (κ2) is 8.03. The Hall–Kier alpha value is -3.43. The number of benzene rings is 1. The molecule has 0 bridgehead atoms. The molecule has 4 aromatic rings. The molecule has 1 aliphatic carbocycles. The van der Waals surface area contributed by atoms with Crippen LogP contribution in [0.3, 0.4) is 0 Å². The van der Waals surface area contributed by atoms with Crippen LogP contribution in [0.5, 0.6) is 0 Å². The van der Waals surface area contributed by atoms with Gasteiger partial charge in [-0.1, -0.05) is 0 Å². The lowest BCUT2D eigenvalue weighted by Gasteiger charge is -2.21. The molecule has 7 nitrogen and oxygen atoms in total. The summed E-state index contributed by atoms with van der Waals surface area (Å²) in [7, 11) is 1.69. The molecule has 1 saturated carbocycles. The van der Waals surface area contributed by atoms with E-state index in [9.17, 15) is 19.1 Å². The van der Waals surface area contributed by atoms with Crippen LogP contribution >= 0.6 is 11.3 Å². The van der Waals surface area contributed by atoms with Gasteiger partial charge in [-0.15, -0.1) is 11.3 Å². The van der Waals surface area contributed by atoms with Crippen molar-refractivity contribution in [2.24, 2.45) is 7.05 Å². The Morgan fingerprint density at radius 2 is 2.00 bits per heavy atom. The first-order valence-electron chi connectivity index (χ1n) is 12.5. The molecule has 1 aromatic carbocycles. The maximum absolute atomic E-state index is 14.2. The van der Waals surface area contributed by atoms with E-state index < -0.39 is 5.60 Å². The molecule has 2 aliphatic rings. The van der Waals surface area contributed by atoms with E-state index in [1.165, 1.54) is 22.0 Å². The first-order chi connectivity index (χ1) is 17.5. The fourth-order valence-corrected chi connectivity index (χ4v) is 6.59. The van der Waals surface area contributed by atoms with Crippen molar-refractivity contribution >= 4 is 39.5 Å². The summed E-state index contributed by atoms with van der Waals surface area (Å²) >= 11 is 1.47. The Morgan fingerprint density at radius 3 is 2.68 bits per heavy atom. The van der Waals surface area contributed by atoms with Gasteiger partial charge in [0.2, 0.25) is 0 Å². The van der Waals surface area contributed by atoms with Gasteiger partial charge in [-0.3, -0.25) is 9.59 Å². The number of rotatable bonds is 5. The minimum absolute atomic E-state index is 0.0517. The summed E-state index contributed by atoms with van der Waals surface area (Å²) in [4.78, 5) is 32.5. The Kier molecular flexibility index (Phi) is 5.20. The predicted octanol–water partition coefficient (Wildman–Crippen LogP) is 4.89. The van der Waals surface area contributed by atoms with E-state index >= 15 is 0 Å². The van der Waals surface area contributed by atoms with Crippen molar-refractivity contribution in [3.63, 3.8) is 0 Å². The summed E-state index contributed by atoms with van der Waals surface area (Å²) in [6.07, 6.45) is 3.81. The van der Waals surface area contributed by atoms with Crippen LogP contribution in [-0.4, -0.2) is 33.7 Å². The average Bonchev–Trinajstić information content (AvgIpc) is 3.18. The molecule has 3 aromatic heterocycles. The van der Waals surface area contributed by atoms with Crippen molar-refractivity contribution in [1.29, 1.82) is 0 Å². The molecule has 0 radical (unpaired) electrons. The van der Waals surface area contributed by atoms with Gasteiger partial charge in [0.25, 0.3) is 11.5 Å². The van der Waals surface area contributed by atoms with E-state index in [0.717, 1.165) is 51.6 Å². The number of carbonyl (C=O) groups excluding carboxylic acids is 1. The van der Waals surface area contributed by atoms with Crippen molar-refractivity contribution in [2.75, 3.05) is 18.0 Å². The van der Waals surface area contributed by atoms with Gasteiger partial charge in [-0.05, 0) is 69.5 Å². The maximum atomic E-state index is 14.2. The van der Waals surface area contributed by atoms with Crippen molar-refractivity contribution in [3.05, 3.63) is 68.8 Å². The number of halogens is 1. The molecule has 1 fully saturated rings. The molecule has 1 aliphatic heterocycles. The van der Waals surface area contributed by atoms with Gasteiger partial charge in [0.15, 0.2) is 0 Å². The monoisotopic (exact) mass is 520 g/mol. The third kappa shape index (κ3) is 3.71. The van der Waals surface area contributed by atoms with Gasteiger partial charge in [0.05, 0.1) is 16.2 Å². The normalized spacial score (nSPS) is 16.0. The average molecular weight is 521 g/mol. The predicted molar refractivity (Wildman–Crippen MR) is 144 cm³/mol. The maximum Gasteiger partial charge on any atom is 0.274 e. The van der Waals surface area contributed by atoms with Crippen LogP contribution in [0.2, 0.25) is 0 Å². The second-order valence-corrected chi connectivity index (χ2v) is 11.8. The summed E-state index contributed by atoms with van der Waals surface area (Å²) in [5, 5.41) is 14.4. The van der Waals surface area contributed by atoms with Crippen LogP contribution in [0, 0.1) is 5.82 Å². The Morgan fingerprint density at radius 1 is 1.24 bits per heavy atom. The molecule has 9 heteroatoms. The highest BCUT2D eigenvalue weighted by molar-refractivity contribution is 7.16. The molecule has 0 atom stereocenters. The van der Waals surface area contributed by atoms with Gasteiger partial charge < -0.3 is 24.9 Å². The highest BCUT2D eigenvalue weighted by Gasteiger charge is 2.52. The first kappa shape index (κ1) is 23.9. The molecule has 192 valence electrons. The van der Waals surface area contributed by atoms with E-state index in [1.807, 2.05) is 19.1 Å². The lowest BCUT2D eigenvalue weighted by molar-refractivity contribution is 0.0825. The number of nitrogens with one attached hydrogen (secondary N) is 2. The molecule has 1 amide bonds. The molecule has 4 heterocycles. The number of thiophene rings is 1. The van der Waals surface area contributed by atoms with Gasteiger partial charge in [0, 0.05) is 53.3 Å². The molecule has 1 spiro atoms. The number of aromatic nitrogens is 2. The number of aromatic amines is 1. The van der Waals surface area contributed by atoms with Crippen LogP contribution in [0.15, 0.2) is 41.3 Å². The molecular formula is C28H29FN4O3S. The summed E-state index contributed by atoms with van der Waals surface area (Å²) < 4.78 is 15.7. The number of amides is 1. The molecule has 3 N–H and O–H groups in total. The number of nitrogens with zero attached hydrogens (tertiary/aromatic N) is 2. The highest BCUT2D eigenvalue weighted by atomic mass is 32.1. The number of hydrogen-bond acceptors (Lipinski definition) is 5. The fourth-order valence-electron chi connectivity index (χ4n) is 5.40. The smallest absolute Gasteiger partial charge is 0.274 e. The summed E-state index contributed by atoms with van der Waals surface area (Å²) in [6, 6.07) is 8.71. The van der Waals surface area contributed by atoms with E-state index in [4.69, 9.17) is 0 Å². The van der Waals surface area contributed by atoms with E-state index in [0.29, 0.717) is 23.1 Å². The van der Waals surface area contributed by atoms with Crippen LogP contribution in [0.1, 0.15) is 54.5 Å². The highest BCUT2D eigenvalue weighted by Crippen LogP contribution is 2.60. The zero-order valence-corrected chi connectivity index (χ0v) is 22.1. The van der Waals surface area contributed by atoms with Crippen LogP contribution in [0.25, 0.3) is 21.3 Å². The van der Waals surface area contributed by atoms with E-state index in [1.54, 1.807) is 39.2 Å². The number of H-pyrrole nitrogens is 1. The number of fused-ring (bicyclic) bond motifs is 3. The minimum atomic E-state index is -1.08. The van der Waals surface area contributed by atoms with Gasteiger partial charge >= 0.3 is 0 Å². The minimum Gasteiger partial charge on any atom is -0.385 e. The largest absolute Gasteiger partial charge is 0.385 e. The van der Waals surface area contributed by atoms with Gasteiger partial charge in [0.1, 0.15) is 17.0 Å². The van der Waals surface area contributed by atoms with Crippen molar-refractivity contribution < 1.29 is 14.3 Å². The van der Waals surface area contributed by atoms with Crippen LogP contribution in [-0.2, 0) is 18.1 Å². The van der Waals surface area contributed by atoms with E-state index in [2.05, 4.69) is 15.2 Å². The fraction of sp³-hybridized carbons (Fsp3) is 0.357. The van der Waals surface area contributed by atoms with Crippen LogP contribution < -0.4 is 15.8 Å². The van der Waals surface area contributed by atoms with Crippen LogP contribution in [0.4, 0.5) is 15.8 Å². The lowest BCUT2D eigenvalue weighted by atomic mass is 9.99. The number of pyridine rings is 1. The number of carbonyl (C=O) groups is 1. The molecule has 37 heavy (non-hydrogen) atoms. The van der Waals surface area contributed by atoms with Crippen molar-refractivity contribution in [1.82, 2.24) is 14.9 Å². The van der Waals surface area contributed by atoms with Crippen molar-refractivity contribution in [3.8, 4) is 10.4 Å². The third-order valence-electron chi connectivity index (χ3n) is 7.53. The molecule has 0 unspecified atom stereocenters. The topological polar surface area (TPSA) is 90.4 Å². The first-order valence-corrected chi connectivity index (χ1v) is 13.3. The Labute approximate surface area is 217 Å². The zero-order valence-electron chi connectivity index (χ0n) is 21.2. The zero-order chi connectivity index (χ0) is 26.3. The summed E-state index contributed by atoms with van der Waals surface area (Å²) in [5.74, 6) is -0.513. The SMILES string of the molecule is CCNC(=O)c1cc2c(-c3sc(C(C)(C)O)cc3N3CC4(CC4)c4cc(F)ccc43)cn(C)c(=O)c2[nH]1. The molecular weight excluding hydrogens is 491 g/mol. The van der Waals surface area contributed by atoms with Crippen molar-refractivity contribution in [2.45, 2.75) is 44.6 Å². The number of aryl methyl sites for hydroxylation is 1. The number of anilines is 2. The van der Waals surface area contributed by atoms with Gasteiger partial charge in [-0.25, -0.2) is 4.39 Å². The lowest BCUT2D eigenvalue weighted by Crippen LogP contribution is -2.23. The number of aliphatic hydroxyl groups is 1. The number of hydrogen-bond donors (Lipinski definition) is 3. The Bertz CT molecular complexity index is 1640. The quantitative estimate of drug-likeness (QED) is 0.349. The molecule has 0 saturated heterocycles. The van der Waals surface area contributed by atoms with Gasteiger partial charge in [-0.2, -0.15) is 0 Å². The standard InChI is InChI=1S/C28H29FN4O3S/c1-5-30-25(34)19-11-16-17(13-32(4)26(35)23(16)31-19)24-21(12-22(37-24)27(2,3)36)33-14-28(8-9-28)18-10-15(29)6-7-20(18)33/h6-7,10-13,31,36H,5,8-9,14H2,1-4H3,(H,30,34). The molecule has 6 rings (SSSR count). The van der Waals surface area contributed by atoms with E-state index in [-0.39, 0.29) is 22.7 Å². The second-order valence-electron chi connectivity index (χ2n) is 10.7. The summed E-state index contributed by atoms with van der Waals surface area (Å²) in [5.41, 5.74) is 3.01. The Balaban J connectivity index is 1.59.